The number of benzene rings is 21. The van der Waals surface area contributed by atoms with Crippen molar-refractivity contribution in [2.75, 3.05) is 13.6 Å². The van der Waals surface area contributed by atoms with Gasteiger partial charge in [-0.3, -0.25) is 4.90 Å². The van der Waals surface area contributed by atoms with Crippen LogP contribution in [-0.4, -0.2) is 48.4 Å². The standard InChI is InChI=1S/C95H21N9.3C5H12.Cu/c1-104-17-94-81-74-67-55-47-38-29-27-28-30-33(29)42-49(47)57-58-50(42)48-39(30)41-37-32(28)35-34-31(27)36-40(38)53(55)61-59-45(36)43(34)51-52-44(35)46(37)60-62-54(41)56(48)68-70(58)79(78(81)69(57)67)83-76(68)73(62)77-66(60)64(52)71-63(51)65(59)75(72(61)74)82(94)80(71)84(77)95(83,94)85(104)18-14-15-25-26(16-18)93-102-91-24-13-7-6-12-23(24)89(100-91)98-87-20-9-3-2-8-19(20)86(96-87)97-88-21-10-4-5-11-22(21)90(99-88)101-92(25)103-93;3*1-5(2,3)4;/h2-16,85H,17H2,1H3;3*1-4H3;/q-2;;;;+2. The number of aromatic nitrogens is 8. The average Bonchev–Trinajstić information content (AvgIpc) is 1.38. The summed E-state index contributed by atoms with van der Waals surface area (Å²) in [4.78, 5) is 46.5. The Balaban J connectivity index is 0.000000374. The predicted molar refractivity (Wildman–Crippen MR) is 499 cm³/mol. The number of nitrogens with zero attached hydrogens (tertiary/aromatic N) is 9. The molecule has 32 aromatic carbocycles. The number of hydrogen-bond acceptors (Lipinski definition) is 7. The van der Waals surface area contributed by atoms with E-state index in [-0.39, 0.29) is 23.1 Å². The molecular formula is C110H57CuN9. The van der Waals surface area contributed by atoms with Gasteiger partial charge in [0.1, 0.15) is 0 Å². The van der Waals surface area contributed by atoms with Gasteiger partial charge in [0.25, 0.3) is 0 Å². The molecule has 1 fully saturated rings. The Morgan fingerprint density at radius 3 is 0.767 bits per heavy atom. The second-order valence-electron chi connectivity index (χ2n) is 43.7. The summed E-state index contributed by atoms with van der Waals surface area (Å²) in [6.07, 6.45) is 0. The van der Waals surface area contributed by atoms with Crippen LogP contribution < -0.4 is 9.97 Å². The first-order chi connectivity index (χ1) is 57.6. The van der Waals surface area contributed by atoms with Crippen molar-refractivity contribution in [1.82, 2.24) is 44.8 Å². The molecule has 42 rings (SSSR count). The van der Waals surface area contributed by atoms with Crippen LogP contribution in [0.4, 0.5) is 0 Å². The summed E-state index contributed by atoms with van der Waals surface area (Å²) in [5.41, 5.74) is 14.5. The normalized spacial score (nSPS) is 19.1. The largest absolute Gasteiger partial charge is 2.00 e. The molecule has 8 bridgehead atoms. The summed E-state index contributed by atoms with van der Waals surface area (Å²) in [5, 5.41) is 90.9. The van der Waals surface area contributed by atoms with Crippen LogP contribution in [0.5, 0.6) is 0 Å². The van der Waals surface area contributed by atoms with Crippen molar-refractivity contribution in [2.45, 2.75) is 100.0 Å². The number of likely N-dealkylation sites (tertiary alicyclic amines) is 1. The molecule has 3 unspecified atom stereocenters. The molecular weight excluding hydrogens is 1510 g/mol. The van der Waals surface area contributed by atoms with Gasteiger partial charge in [-0.2, -0.15) is 0 Å². The maximum Gasteiger partial charge on any atom is 2.00 e. The Kier molecular flexibility index (Phi) is 7.79. The third-order valence-electron chi connectivity index (χ3n) is 32.7. The van der Waals surface area contributed by atoms with Crippen LogP contribution in [0.1, 0.15) is 117 Å². The molecule has 0 amide bonds. The minimum atomic E-state index is -0.561. The fraction of sp³-hybridized carbons (Fsp3) is 0.182. The summed E-state index contributed by atoms with van der Waals surface area (Å²) >= 11 is 0. The SMILES string of the molecule is CC(C)(C)C.CC(C)(C)C.CC(C)(C)C.CN1CC23c4c5c6c7c8c9c(c%10c%11c2c2c%12c4c4c%13c5c5c7c7c8c8c%14c9c%10c9c%10c%11c2c2c%11c%12c4c4c%12c%13c5c5c7c7c8c8c%14c9c9c%10c2c2c%11c4c4c%12c5c7c5c8c9c2c45)C63C1c1ccc2c(c1)-c1nc-2nc2[n-]c(nc3nc(nc4[n-]c(n1)c1ccccc41)-c1ccccc1-3)c1ccccc21.[Cu+2]. The van der Waals surface area contributed by atoms with Crippen molar-refractivity contribution >= 4 is 335 Å². The summed E-state index contributed by atoms with van der Waals surface area (Å²) in [6, 6.07) is 32.3. The molecule has 7 aliphatic rings. The fourth-order valence-corrected chi connectivity index (χ4v) is 31.3. The maximum atomic E-state index is 5.74. The first-order valence-electron chi connectivity index (χ1n) is 43.3. The Morgan fingerprint density at radius 2 is 0.467 bits per heavy atom. The number of fused-ring (bicyclic) bond motifs is 20. The van der Waals surface area contributed by atoms with E-state index in [1.165, 1.54) is 5.56 Å². The van der Waals surface area contributed by atoms with E-state index in [1.54, 1.807) is 313 Å². The van der Waals surface area contributed by atoms with Gasteiger partial charge in [0.15, 0.2) is 0 Å². The molecule has 6 heterocycles. The first-order valence-corrected chi connectivity index (χ1v) is 43.3. The molecule has 3 aromatic heterocycles. The van der Waals surface area contributed by atoms with E-state index in [0.717, 1.165) is 50.3 Å². The summed E-state index contributed by atoms with van der Waals surface area (Å²) in [6.45, 7) is 27.1. The number of hydrogen-bond donors (Lipinski definition) is 0. The quantitative estimate of drug-likeness (QED) is 0.117. The zero-order valence-corrected chi connectivity index (χ0v) is 68.2. The van der Waals surface area contributed by atoms with Gasteiger partial charge >= 0.3 is 17.1 Å². The van der Waals surface area contributed by atoms with Gasteiger partial charge in [0.2, 0.25) is 0 Å². The number of likely N-dealkylation sites (N-methyl/N-ethyl adjacent to an activating group) is 1. The van der Waals surface area contributed by atoms with Crippen molar-refractivity contribution in [3.05, 3.63) is 119 Å². The van der Waals surface area contributed by atoms with Gasteiger partial charge in [-0.1, -0.05) is 168 Å². The first kappa shape index (κ1) is 58.9. The summed E-state index contributed by atoms with van der Waals surface area (Å²) < 4.78 is 0. The van der Waals surface area contributed by atoms with Crippen LogP contribution in [0.2, 0.25) is 0 Å². The summed E-state index contributed by atoms with van der Waals surface area (Å²) in [5.74, 6) is 2.29. The third kappa shape index (κ3) is 4.77. The minimum Gasteiger partial charge on any atom is -0.357 e. The van der Waals surface area contributed by atoms with Gasteiger partial charge in [0.05, 0.1) is 34.1 Å². The second kappa shape index (κ2) is 15.9. The van der Waals surface area contributed by atoms with Gasteiger partial charge in [-0.15, -0.1) is 0 Å². The third-order valence-corrected chi connectivity index (χ3v) is 32.7. The van der Waals surface area contributed by atoms with E-state index in [4.69, 9.17) is 39.9 Å². The predicted octanol–water partition coefficient (Wildman–Crippen LogP) is 28.6. The van der Waals surface area contributed by atoms with Gasteiger partial charge in [0, 0.05) is 57.4 Å². The van der Waals surface area contributed by atoms with Crippen molar-refractivity contribution in [3.8, 4) is 45.6 Å². The van der Waals surface area contributed by atoms with E-state index in [2.05, 4.69) is 174 Å². The van der Waals surface area contributed by atoms with E-state index < -0.39 is 10.8 Å². The van der Waals surface area contributed by atoms with E-state index in [9.17, 15) is 0 Å². The van der Waals surface area contributed by atoms with Crippen LogP contribution in [0.25, 0.3) is 381 Å². The molecule has 35 aromatic rings. The van der Waals surface area contributed by atoms with Gasteiger partial charge in [-0.05, 0) is 370 Å². The van der Waals surface area contributed by atoms with Crippen LogP contribution in [0, 0.1) is 16.2 Å². The maximum absolute atomic E-state index is 5.74. The van der Waals surface area contributed by atoms with Crippen LogP contribution >= 0.6 is 0 Å². The molecule has 0 N–H and O–H groups in total. The van der Waals surface area contributed by atoms with Crippen LogP contribution in [0.15, 0.2) is 91.0 Å². The minimum absolute atomic E-state index is 0. The average molecular weight is 1570 g/mol. The Morgan fingerprint density at radius 1 is 0.258 bits per heavy atom. The molecule has 4 aliphatic carbocycles. The monoisotopic (exact) mass is 1570 g/mol. The van der Waals surface area contributed by atoms with Crippen molar-refractivity contribution in [2.24, 2.45) is 16.2 Å². The zero-order valence-electron chi connectivity index (χ0n) is 67.3. The molecule has 1 radical (unpaired) electrons. The fourth-order valence-electron chi connectivity index (χ4n) is 31.3. The Hall–Kier alpha value is -12.8. The molecule has 2 spiro atoms. The molecule has 3 aliphatic heterocycles. The van der Waals surface area contributed by atoms with Crippen molar-refractivity contribution in [3.63, 3.8) is 0 Å². The number of rotatable bonds is 1. The van der Waals surface area contributed by atoms with Crippen LogP contribution in [0.3, 0.4) is 0 Å². The van der Waals surface area contributed by atoms with E-state index in [0.29, 0.717) is 62.1 Å². The Labute approximate surface area is 686 Å². The topological polar surface area (TPSA) is 109 Å². The van der Waals surface area contributed by atoms with E-state index >= 15 is 0 Å². The van der Waals surface area contributed by atoms with Gasteiger partial charge < -0.3 is 29.9 Å². The molecule has 9 nitrogen and oxygen atoms in total. The molecule has 1 saturated heterocycles. The molecule has 120 heavy (non-hydrogen) atoms. The Bertz CT molecular complexity index is 10900. The van der Waals surface area contributed by atoms with Crippen molar-refractivity contribution in [1.29, 1.82) is 0 Å². The molecule has 3 atom stereocenters. The summed E-state index contributed by atoms with van der Waals surface area (Å²) in [7, 11) is 2.55. The zero-order chi connectivity index (χ0) is 76.9. The molecule has 10 heteroatoms. The molecule has 0 saturated carbocycles. The van der Waals surface area contributed by atoms with Gasteiger partial charge in [-0.25, -0.2) is 9.97 Å². The van der Waals surface area contributed by atoms with E-state index in [1.807, 2.05) is 12.1 Å². The van der Waals surface area contributed by atoms with Crippen molar-refractivity contribution < 1.29 is 17.1 Å². The second-order valence-corrected chi connectivity index (χ2v) is 43.7. The smallest absolute Gasteiger partial charge is 0.357 e. The van der Waals surface area contributed by atoms with Crippen LogP contribution in [-0.2, 0) is 27.9 Å². The molecule has 553 valence electrons.